The van der Waals surface area contributed by atoms with E-state index in [-0.39, 0.29) is 24.9 Å². The van der Waals surface area contributed by atoms with Gasteiger partial charge in [-0.3, -0.25) is 4.90 Å². The summed E-state index contributed by atoms with van der Waals surface area (Å²) in [7, 11) is -3.03. The maximum atomic E-state index is 14.1. The predicted molar refractivity (Wildman–Crippen MR) is 195 cm³/mol. The fourth-order valence-corrected chi connectivity index (χ4v) is 11.3. The van der Waals surface area contributed by atoms with Gasteiger partial charge in [0.2, 0.25) is 0 Å². The van der Waals surface area contributed by atoms with Crippen LogP contribution in [0.4, 0.5) is 4.79 Å². The second kappa shape index (κ2) is 15.6. The van der Waals surface area contributed by atoms with Crippen LogP contribution < -0.4 is 10.4 Å². The number of aldehydes is 1. The molecule has 7 nitrogen and oxygen atoms in total. The molecule has 0 N–H and O–H groups in total. The average Bonchev–Trinajstić information content (AvgIpc) is 3.39. The van der Waals surface area contributed by atoms with Crippen molar-refractivity contribution in [2.45, 2.75) is 89.7 Å². The van der Waals surface area contributed by atoms with Gasteiger partial charge in [-0.1, -0.05) is 142 Å². The predicted octanol–water partition coefficient (Wildman–Crippen LogP) is 6.92. The Balaban J connectivity index is 1.60. The standard InChI is InChI=1S/C41H49NO6Si/c1-40(2,3)48-39(44)42-35(27-43)37(45-28-31-19-11-7-12-20-31)38(46-29-32-21-13-8-14-22-32)36(42)30-47-49(41(4,5)6,33-23-15-9-16-24-33)34-25-17-10-18-26-34/h7-27,35-38H,28-30H2,1-6H3/t35-,36-,37-,38-/m1/s1. The van der Waals surface area contributed by atoms with Gasteiger partial charge in [-0.2, -0.15) is 0 Å². The molecule has 5 rings (SSSR count). The Morgan fingerprint density at radius 2 is 1.10 bits per heavy atom. The van der Waals surface area contributed by atoms with Crippen molar-refractivity contribution >= 4 is 31.1 Å². The van der Waals surface area contributed by atoms with Crippen molar-refractivity contribution in [3.8, 4) is 0 Å². The SMILES string of the molecule is CC(C)(C)OC(=O)N1[C@H](C=O)[C@@H](OCc2ccccc2)[C@H](OCc2ccccc2)[C@H]1CO[Si](c1ccccc1)(c1ccccc1)C(C)(C)C. The zero-order chi connectivity index (χ0) is 35.1. The molecule has 0 spiro atoms. The highest BCUT2D eigenvalue weighted by Crippen LogP contribution is 2.39. The zero-order valence-corrected chi connectivity index (χ0v) is 30.5. The Morgan fingerprint density at radius 1 is 0.673 bits per heavy atom. The van der Waals surface area contributed by atoms with Crippen LogP contribution in [0.3, 0.4) is 0 Å². The van der Waals surface area contributed by atoms with Gasteiger partial charge in [-0.15, -0.1) is 0 Å². The molecule has 1 heterocycles. The molecule has 4 atom stereocenters. The van der Waals surface area contributed by atoms with Crippen molar-refractivity contribution in [1.82, 2.24) is 4.90 Å². The molecule has 8 heteroatoms. The highest BCUT2D eigenvalue weighted by atomic mass is 28.4. The smallest absolute Gasteiger partial charge is 0.411 e. The van der Waals surface area contributed by atoms with Crippen LogP contribution in [-0.2, 0) is 36.6 Å². The van der Waals surface area contributed by atoms with Gasteiger partial charge in [0, 0.05) is 0 Å². The number of benzene rings is 4. The number of hydrogen-bond acceptors (Lipinski definition) is 6. The Hall–Kier alpha value is -4.08. The van der Waals surface area contributed by atoms with E-state index < -0.39 is 44.3 Å². The summed E-state index contributed by atoms with van der Waals surface area (Å²) >= 11 is 0. The van der Waals surface area contributed by atoms with Gasteiger partial charge in [-0.05, 0) is 47.3 Å². The zero-order valence-electron chi connectivity index (χ0n) is 29.5. The summed E-state index contributed by atoms with van der Waals surface area (Å²) in [5, 5.41) is 1.92. The van der Waals surface area contributed by atoms with Crippen LogP contribution >= 0.6 is 0 Å². The Kier molecular flexibility index (Phi) is 11.6. The maximum absolute atomic E-state index is 14.1. The molecule has 0 aliphatic carbocycles. The quantitative estimate of drug-likeness (QED) is 0.120. The molecule has 0 aromatic heterocycles. The molecule has 1 saturated heterocycles. The van der Waals surface area contributed by atoms with Crippen LogP contribution in [-0.4, -0.2) is 62.1 Å². The molecule has 1 amide bonds. The number of amides is 1. The topological polar surface area (TPSA) is 74.3 Å². The Morgan fingerprint density at radius 3 is 1.51 bits per heavy atom. The highest BCUT2D eigenvalue weighted by Gasteiger charge is 2.56. The van der Waals surface area contributed by atoms with Gasteiger partial charge in [0.25, 0.3) is 8.32 Å². The minimum absolute atomic E-state index is 0.0987. The Bertz CT molecular complexity index is 1580. The molecule has 1 fully saturated rings. The fourth-order valence-electron chi connectivity index (χ4n) is 6.75. The van der Waals surface area contributed by atoms with E-state index in [4.69, 9.17) is 18.6 Å². The lowest BCUT2D eigenvalue weighted by Gasteiger charge is -2.44. The first-order valence-corrected chi connectivity index (χ1v) is 18.9. The molecule has 4 aromatic carbocycles. The number of ether oxygens (including phenoxy) is 3. The summed E-state index contributed by atoms with van der Waals surface area (Å²) in [6.45, 7) is 12.7. The first-order valence-electron chi connectivity index (χ1n) is 17.0. The molecule has 0 bridgehead atoms. The van der Waals surface area contributed by atoms with Gasteiger partial charge >= 0.3 is 6.09 Å². The van der Waals surface area contributed by atoms with Crippen molar-refractivity contribution in [2.75, 3.05) is 6.61 Å². The second-order valence-corrected chi connectivity index (χ2v) is 18.9. The van der Waals surface area contributed by atoms with Crippen LogP contribution in [0, 0.1) is 0 Å². The summed E-state index contributed by atoms with van der Waals surface area (Å²) in [5.41, 5.74) is 1.12. The first kappa shape index (κ1) is 36.2. The lowest BCUT2D eigenvalue weighted by atomic mass is 10.1. The van der Waals surface area contributed by atoms with Crippen LogP contribution in [0.1, 0.15) is 52.7 Å². The van der Waals surface area contributed by atoms with E-state index in [2.05, 4.69) is 45.0 Å². The fraction of sp³-hybridized carbons (Fsp3) is 0.366. The van der Waals surface area contributed by atoms with Crippen molar-refractivity contribution < 1.29 is 28.2 Å². The number of likely N-dealkylation sites (tertiary alicyclic amines) is 1. The van der Waals surface area contributed by atoms with Crippen LogP contribution in [0.5, 0.6) is 0 Å². The summed E-state index contributed by atoms with van der Waals surface area (Å²) in [6, 6.07) is 38.7. The van der Waals surface area contributed by atoms with E-state index in [1.807, 2.05) is 118 Å². The van der Waals surface area contributed by atoms with Crippen LogP contribution in [0.2, 0.25) is 5.04 Å². The van der Waals surface area contributed by atoms with Gasteiger partial charge in [0.05, 0.1) is 25.9 Å². The third kappa shape index (κ3) is 8.39. The second-order valence-electron chi connectivity index (χ2n) is 14.6. The van der Waals surface area contributed by atoms with Crippen molar-refractivity contribution in [3.63, 3.8) is 0 Å². The third-order valence-electron chi connectivity index (χ3n) is 8.92. The molecular weight excluding hydrogens is 631 g/mol. The van der Waals surface area contributed by atoms with Gasteiger partial charge in [0.15, 0.2) is 0 Å². The molecule has 258 valence electrons. The average molecular weight is 680 g/mol. The van der Waals surface area contributed by atoms with Crippen molar-refractivity contribution in [3.05, 3.63) is 132 Å². The van der Waals surface area contributed by atoms with E-state index in [1.165, 1.54) is 4.90 Å². The van der Waals surface area contributed by atoms with E-state index in [0.717, 1.165) is 27.8 Å². The minimum Gasteiger partial charge on any atom is -0.444 e. The van der Waals surface area contributed by atoms with E-state index in [1.54, 1.807) is 0 Å². The minimum atomic E-state index is -3.03. The summed E-state index contributed by atoms with van der Waals surface area (Å²) in [5.74, 6) is 0. The summed E-state index contributed by atoms with van der Waals surface area (Å²) in [6.07, 6.45) is -1.31. The highest BCUT2D eigenvalue weighted by molar-refractivity contribution is 6.99. The Labute approximate surface area is 292 Å². The monoisotopic (exact) mass is 679 g/mol. The normalized spacial score (nSPS) is 19.8. The summed E-state index contributed by atoms with van der Waals surface area (Å²) in [4.78, 5) is 28.7. The maximum Gasteiger partial charge on any atom is 0.411 e. The number of carbonyl (C=O) groups excluding carboxylic acids is 2. The van der Waals surface area contributed by atoms with Gasteiger partial charge < -0.3 is 23.4 Å². The van der Waals surface area contributed by atoms with E-state index in [0.29, 0.717) is 0 Å². The van der Waals surface area contributed by atoms with Gasteiger partial charge in [-0.25, -0.2) is 4.79 Å². The molecule has 4 aromatic rings. The van der Waals surface area contributed by atoms with Gasteiger partial charge in [0.1, 0.15) is 30.1 Å². The molecule has 1 aliphatic heterocycles. The van der Waals surface area contributed by atoms with E-state index >= 15 is 0 Å². The molecule has 0 unspecified atom stereocenters. The lowest BCUT2D eigenvalue weighted by Crippen LogP contribution is -2.67. The number of carbonyl (C=O) groups is 2. The molecule has 0 saturated carbocycles. The van der Waals surface area contributed by atoms with Crippen LogP contribution in [0.25, 0.3) is 0 Å². The van der Waals surface area contributed by atoms with E-state index in [9.17, 15) is 9.59 Å². The molecule has 49 heavy (non-hydrogen) atoms. The lowest BCUT2D eigenvalue weighted by molar-refractivity contribution is -0.119. The van der Waals surface area contributed by atoms with Crippen molar-refractivity contribution in [2.24, 2.45) is 0 Å². The summed E-state index contributed by atoms with van der Waals surface area (Å²) < 4.78 is 26.6. The van der Waals surface area contributed by atoms with Crippen molar-refractivity contribution in [1.29, 1.82) is 0 Å². The largest absolute Gasteiger partial charge is 0.444 e. The molecule has 1 aliphatic rings. The molecular formula is C41H49NO6Si. The number of nitrogens with zero attached hydrogens (tertiary/aromatic N) is 1. The third-order valence-corrected chi connectivity index (χ3v) is 13.9. The molecule has 0 radical (unpaired) electrons. The van der Waals surface area contributed by atoms with Crippen LogP contribution in [0.15, 0.2) is 121 Å². The number of hydrogen-bond donors (Lipinski definition) is 0. The first-order chi connectivity index (χ1) is 23.4. The number of rotatable bonds is 12.